The molecular weight excluding hydrogens is 258 g/mol. The number of H-pyrrole nitrogens is 1. The molecule has 0 radical (unpaired) electrons. The number of ether oxygens (including phenoxy) is 1. The van der Waals surface area contributed by atoms with Crippen molar-refractivity contribution in [1.29, 1.82) is 0 Å². The maximum Gasteiger partial charge on any atom is 0.126 e. The highest BCUT2D eigenvalue weighted by Crippen LogP contribution is 2.33. The smallest absolute Gasteiger partial charge is 0.126 e. The molecule has 0 aliphatic carbocycles. The van der Waals surface area contributed by atoms with Crippen molar-refractivity contribution in [3.63, 3.8) is 0 Å². The number of methoxy groups -OCH3 is 1. The molecule has 1 heterocycles. The predicted molar refractivity (Wildman–Crippen MR) is 62.7 cm³/mol. The predicted octanol–water partition coefficient (Wildman–Crippen LogP) is 2.43. The number of nitrogens with one attached hydrogen (secondary N) is 1. The van der Waals surface area contributed by atoms with Gasteiger partial charge in [0.15, 0.2) is 0 Å². The van der Waals surface area contributed by atoms with Gasteiger partial charge in [0.05, 0.1) is 13.3 Å². The molecule has 4 nitrogen and oxygen atoms in total. The van der Waals surface area contributed by atoms with Gasteiger partial charge in [0.1, 0.15) is 11.6 Å². The minimum absolute atomic E-state index is 0.556. The Morgan fingerprint density at radius 1 is 1.40 bits per heavy atom. The molecule has 0 bridgehead atoms. The number of anilines is 1. The quantitative estimate of drug-likeness (QED) is 0.879. The average molecular weight is 268 g/mol. The van der Waals surface area contributed by atoms with Crippen LogP contribution >= 0.6 is 15.9 Å². The minimum Gasteiger partial charge on any atom is -0.497 e. The van der Waals surface area contributed by atoms with E-state index in [9.17, 15) is 0 Å². The number of nitrogens with two attached hydrogens (primary N) is 1. The molecule has 0 unspecified atom stereocenters. The van der Waals surface area contributed by atoms with Crippen molar-refractivity contribution in [2.45, 2.75) is 0 Å². The summed E-state index contributed by atoms with van der Waals surface area (Å²) in [6, 6.07) is 5.71. The maximum atomic E-state index is 5.74. The molecule has 0 atom stereocenters. The fraction of sp³-hybridized carbons (Fsp3) is 0.100. The lowest BCUT2D eigenvalue weighted by molar-refractivity contribution is 0.414. The van der Waals surface area contributed by atoms with Crippen LogP contribution in [0.4, 0.5) is 5.82 Å². The summed E-state index contributed by atoms with van der Waals surface area (Å²) in [5.41, 5.74) is 7.61. The molecule has 0 aliphatic heterocycles. The summed E-state index contributed by atoms with van der Waals surface area (Å²) < 4.78 is 6.04. The van der Waals surface area contributed by atoms with E-state index in [1.54, 1.807) is 13.3 Å². The van der Waals surface area contributed by atoms with Gasteiger partial charge in [-0.15, -0.1) is 0 Å². The SMILES string of the molecule is COc1ccc(-c2cn[nH]c2N)c(Br)c1. The molecule has 1 aromatic heterocycles. The molecule has 0 saturated carbocycles. The number of halogens is 1. The van der Waals surface area contributed by atoms with Gasteiger partial charge in [-0.05, 0) is 18.2 Å². The van der Waals surface area contributed by atoms with Crippen molar-refractivity contribution in [3.8, 4) is 16.9 Å². The maximum absolute atomic E-state index is 5.74. The summed E-state index contributed by atoms with van der Waals surface area (Å²) in [5, 5.41) is 6.58. The average Bonchev–Trinajstić information content (AvgIpc) is 2.64. The monoisotopic (exact) mass is 267 g/mol. The zero-order valence-corrected chi connectivity index (χ0v) is 9.71. The Morgan fingerprint density at radius 2 is 2.20 bits per heavy atom. The van der Waals surface area contributed by atoms with Crippen LogP contribution in [-0.2, 0) is 0 Å². The lowest BCUT2D eigenvalue weighted by atomic mass is 10.1. The Kier molecular flexibility index (Phi) is 2.64. The summed E-state index contributed by atoms with van der Waals surface area (Å²) in [6.45, 7) is 0. The molecule has 0 spiro atoms. The molecule has 2 aromatic rings. The van der Waals surface area contributed by atoms with E-state index in [0.717, 1.165) is 21.3 Å². The standard InChI is InChI=1S/C10H10BrN3O/c1-15-6-2-3-7(9(11)4-6)8-5-13-14-10(8)12/h2-5H,1H3,(H3,12,13,14). The Balaban J connectivity index is 2.50. The van der Waals surface area contributed by atoms with E-state index in [2.05, 4.69) is 26.1 Å². The molecule has 0 fully saturated rings. The van der Waals surface area contributed by atoms with E-state index in [1.807, 2.05) is 18.2 Å². The highest BCUT2D eigenvalue weighted by molar-refractivity contribution is 9.10. The van der Waals surface area contributed by atoms with Gasteiger partial charge in [-0.3, -0.25) is 5.10 Å². The molecule has 0 saturated heterocycles. The third-order valence-corrected chi connectivity index (χ3v) is 2.79. The summed E-state index contributed by atoms with van der Waals surface area (Å²) in [5.74, 6) is 1.36. The molecule has 78 valence electrons. The third-order valence-electron chi connectivity index (χ3n) is 2.14. The zero-order valence-electron chi connectivity index (χ0n) is 8.12. The number of hydrogen-bond donors (Lipinski definition) is 2. The number of nitrogens with zero attached hydrogens (tertiary/aromatic N) is 1. The largest absolute Gasteiger partial charge is 0.497 e. The van der Waals surface area contributed by atoms with Crippen molar-refractivity contribution >= 4 is 21.7 Å². The fourth-order valence-electron chi connectivity index (χ4n) is 1.35. The first kappa shape index (κ1) is 10.0. The first-order chi connectivity index (χ1) is 7.22. The number of nitrogen functional groups attached to an aromatic ring is 1. The minimum atomic E-state index is 0.556. The van der Waals surface area contributed by atoms with Gasteiger partial charge in [0.2, 0.25) is 0 Å². The van der Waals surface area contributed by atoms with Crippen LogP contribution in [0.5, 0.6) is 5.75 Å². The van der Waals surface area contributed by atoms with Gasteiger partial charge >= 0.3 is 0 Å². The van der Waals surface area contributed by atoms with Crippen LogP contribution in [0.25, 0.3) is 11.1 Å². The lowest BCUT2D eigenvalue weighted by Gasteiger charge is -2.05. The van der Waals surface area contributed by atoms with E-state index in [0.29, 0.717) is 5.82 Å². The van der Waals surface area contributed by atoms with Gasteiger partial charge in [0.25, 0.3) is 0 Å². The zero-order chi connectivity index (χ0) is 10.8. The number of rotatable bonds is 2. The van der Waals surface area contributed by atoms with Crippen LogP contribution in [0.3, 0.4) is 0 Å². The second-order valence-electron chi connectivity index (χ2n) is 3.04. The summed E-state index contributed by atoms with van der Waals surface area (Å²) >= 11 is 3.47. The van der Waals surface area contributed by atoms with Gasteiger partial charge in [0, 0.05) is 15.6 Å². The van der Waals surface area contributed by atoms with Crippen LogP contribution in [0.15, 0.2) is 28.9 Å². The highest BCUT2D eigenvalue weighted by atomic mass is 79.9. The Morgan fingerprint density at radius 3 is 2.73 bits per heavy atom. The first-order valence-electron chi connectivity index (χ1n) is 4.35. The van der Waals surface area contributed by atoms with Crippen molar-refractivity contribution in [2.24, 2.45) is 0 Å². The van der Waals surface area contributed by atoms with E-state index in [-0.39, 0.29) is 0 Å². The normalized spacial score (nSPS) is 10.3. The summed E-state index contributed by atoms with van der Waals surface area (Å²) in [6.07, 6.45) is 1.70. The summed E-state index contributed by atoms with van der Waals surface area (Å²) in [7, 11) is 1.63. The van der Waals surface area contributed by atoms with Gasteiger partial charge in [-0.2, -0.15) is 5.10 Å². The second-order valence-corrected chi connectivity index (χ2v) is 3.90. The van der Waals surface area contributed by atoms with Crippen molar-refractivity contribution in [2.75, 3.05) is 12.8 Å². The molecule has 1 aromatic carbocycles. The molecule has 0 amide bonds. The van der Waals surface area contributed by atoms with Gasteiger partial charge < -0.3 is 10.5 Å². The molecule has 0 aliphatic rings. The van der Waals surface area contributed by atoms with E-state index in [4.69, 9.17) is 10.5 Å². The first-order valence-corrected chi connectivity index (χ1v) is 5.14. The molecule has 2 rings (SSSR count). The molecular formula is C10H10BrN3O. The van der Waals surface area contributed by atoms with Gasteiger partial charge in [-0.1, -0.05) is 15.9 Å². The van der Waals surface area contributed by atoms with Crippen LogP contribution in [-0.4, -0.2) is 17.3 Å². The molecule has 5 heteroatoms. The Hall–Kier alpha value is -1.49. The van der Waals surface area contributed by atoms with Crippen molar-refractivity contribution in [3.05, 3.63) is 28.9 Å². The second kappa shape index (κ2) is 3.94. The number of benzene rings is 1. The highest BCUT2D eigenvalue weighted by Gasteiger charge is 2.08. The lowest BCUT2D eigenvalue weighted by Crippen LogP contribution is -1.89. The van der Waals surface area contributed by atoms with E-state index < -0.39 is 0 Å². The van der Waals surface area contributed by atoms with E-state index >= 15 is 0 Å². The van der Waals surface area contributed by atoms with Crippen molar-refractivity contribution < 1.29 is 4.74 Å². The Bertz CT molecular complexity index is 481. The topological polar surface area (TPSA) is 63.9 Å². The summed E-state index contributed by atoms with van der Waals surface area (Å²) in [4.78, 5) is 0. The van der Waals surface area contributed by atoms with Gasteiger partial charge in [-0.25, -0.2) is 0 Å². The molecule has 3 N–H and O–H groups in total. The Labute approximate surface area is 95.6 Å². The third kappa shape index (κ3) is 1.83. The van der Waals surface area contributed by atoms with Crippen LogP contribution in [0.2, 0.25) is 0 Å². The van der Waals surface area contributed by atoms with Crippen molar-refractivity contribution in [1.82, 2.24) is 10.2 Å². The van der Waals surface area contributed by atoms with Crippen LogP contribution in [0.1, 0.15) is 0 Å². The van der Waals surface area contributed by atoms with E-state index in [1.165, 1.54) is 0 Å². The van der Waals surface area contributed by atoms with Crippen LogP contribution < -0.4 is 10.5 Å². The number of aromatic nitrogens is 2. The fourth-order valence-corrected chi connectivity index (χ4v) is 1.92. The van der Waals surface area contributed by atoms with Crippen LogP contribution in [0, 0.1) is 0 Å². The number of aromatic amines is 1. The molecule has 15 heavy (non-hydrogen) atoms. The number of hydrogen-bond acceptors (Lipinski definition) is 3.